The highest BCUT2D eigenvalue weighted by Gasteiger charge is 2.28. The molecule has 0 saturated carbocycles. The first kappa shape index (κ1) is 17.2. The zero-order chi connectivity index (χ0) is 12.9. The first-order chi connectivity index (χ1) is 8.12. The number of thiophene rings is 1. The number of rotatable bonds is 6. The molecule has 0 unspecified atom stereocenters. The van der Waals surface area contributed by atoms with Crippen LogP contribution in [0.25, 0.3) is 0 Å². The molecule has 4 nitrogen and oxygen atoms in total. The van der Waals surface area contributed by atoms with Crippen LogP contribution in [0.5, 0.6) is 5.75 Å². The van der Waals surface area contributed by atoms with E-state index in [1.807, 2.05) is 19.2 Å². The number of hydrogen-bond acceptors (Lipinski definition) is 4. The summed E-state index contributed by atoms with van der Waals surface area (Å²) in [7, 11) is 1.56. The fourth-order valence-corrected chi connectivity index (χ4v) is 2.44. The summed E-state index contributed by atoms with van der Waals surface area (Å²) in [5, 5.41) is 4.87. The summed E-state index contributed by atoms with van der Waals surface area (Å²) in [6.45, 7) is 4.50. The minimum Gasteiger partial charge on any atom is -0.495 e. The number of nitrogens with two attached hydrogens (primary N) is 1. The number of ether oxygens (including phenoxy) is 1. The van der Waals surface area contributed by atoms with Crippen LogP contribution in [0.15, 0.2) is 11.4 Å². The molecule has 0 bridgehead atoms. The third kappa shape index (κ3) is 3.60. The lowest BCUT2D eigenvalue weighted by Gasteiger charge is -2.31. The molecule has 1 aromatic rings. The zero-order valence-corrected chi connectivity index (χ0v) is 12.6. The van der Waals surface area contributed by atoms with Gasteiger partial charge in [0.2, 0.25) is 0 Å². The van der Waals surface area contributed by atoms with Crippen molar-refractivity contribution in [3.8, 4) is 5.75 Å². The van der Waals surface area contributed by atoms with Gasteiger partial charge in [-0.3, -0.25) is 4.79 Å². The van der Waals surface area contributed by atoms with Gasteiger partial charge in [-0.05, 0) is 24.3 Å². The van der Waals surface area contributed by atoms with Crippen molar-refractivity contribution >= 4 is 29.7 Å². The third-order valence-electron chi connectivity index (χ3n) is 3.18. The molecular formula is C12H21ClN2O2S. The molecule has 0 atom stereocenters. The molecule has 0 aliphatic rings. The van der Waals surface area contributed by atoms with Gasteiger partial charge in [-0.1, -0.05) is 13.8 Å². The number of amides is 1. The molecule has 0 aliphatic heterocycles. The lowest BCUT2D eigenvalue weighted by Crippen LogP contribution is -2.52. The summed E-state index contributed by atoms with van der Waals surface area (Å²) in [5.74, 6) is 0.511. The van der Waals surface area contributed by atoms with Gasteiger partial charge in [0.25, 0.3) is 5.91 Å². The number of nitrogens with one attached hydrogen (secondary N) is 1. The highest BCUT2D eigenvalue weighted by Crippen LogP contribution is 2.25. The van der Waals surface area contributed by atoms with E-state index >= 15 is 0 Å². The topological polar surface area (TPSA) is 64.3 Å². The Morgan fingerprint density at radius 1 is 1.50 bits per heavy atom. The minimum absolute atomic E-state index is 0. The number of hydrogen-bond donors (Lipinski definition) is 2. The highest BCUT2D eigenvalue weighted by molar-refractivity contribution is 7.12. The Bertz CT molecular complexity index is 370. The van der Waals surface area contributed by atoms with E-state index in [-0.39, 0.29) is 23.9 Å². The predicted molar refractivity (Wildman–Crippen MR) is 78.0 cm³/mol. The van der Waals surface area contributed by atoms with Crippen molar-refractivity contribution in [2.24, 2.45) is 5.73 Å². The van der Waals surface area contributed by atoms with Gasteiger partial charge in [0.05, 0.1) is 12.6 Å². The maximum absolute atomic E-state index is 12.1. The van der Waals surface area contributed by atoms with Crippen LogP contribution >= 0.6 is 23.7 Å². The average molecular weight is 293 g/mol. The number of methoxy groups -OCH3 is 1. The van der Waals surface area contributed by atoms with Crippen LogP contribution in [0.3, 0.4) is 0 Å². The minimum atomic E-state index is -0.313. The first-order valence-corrected chi connectivity index (χ1v) is 6.64. The second kappa shape index (κ2) is 7.61. The molecular weight excluding hydrogens is 272 g/mol. The Labute approximate surface area is 118 Å². The predicted octanol–water partition coefficient (Wildman–Crippen LogP) is 2.43. The van der Waals surface area contributed by atoms with Crippen molar-refractivity contribution in [3.05, 3.63) is 16.3 Å². The molecule has 0 aromatic carbocycles. The smallest absolute Gasteiger partial charge is 0.265 e. The summed E-state index contributed by atoms with van der Waals surface area (Å²) in [6, 6.07) is 1.79. The Morgan fingerprint density at radius 3 is 2.56 bits per heavy atom. The van der Waals surface area contributed by atoms with E-state index in [1.165, 1.54) is 11.3 Å². The third-order valence-corrected chi connectivity index (χ3v) is 4.07. The highest BCUT2D eigenvalue weighted by atomic mass is 35.5. The molecule has 0 saturated heterocycles. The first-order valence-electron chi connectivity index (χ1n) is 5.76. The zero-order valence-electron chi connectivity index (χ0n) is 11.0. The van der Waals surface area contributed by atoms with Crippen LogP contribution in [0.4, 0.5) is 0 Å². The molecule has 1 rings (SSSR count). The maximum atomic E-state index is 12.1. The molecule has 1 aromatic heterocycles. The van der Waals surface area contributed by atoms with Crippen LogP contribution < -0.4 is 15.8 Å². The van der Waals surface area contributed by atoms with E-state index in [2.05, 4.69) is 5.32 Å². The fraction of sp³-hybridized carbons (Fsp3) is 0.583. The van der Waals surface area contributed by atoms with Crippen molar-refractivity contribution in [1.82, 2.24) is 5.32 Å². The number of carbonyl (C=O) groups excluding carboxylic acids is 1. The van der Waals surface area contributed by atoms with Crippen molar-refractivity contribution in [3.63, 3.8) is 0 Å². The molecule has 0 spiro atoms. The second-order valence-corrected chi connectivity index (χ2v) is 4.88. The van der Waals surface area contributed by atoms with E-state index in [0.29, 0.717) is 17.2 Å². The van der Waals surface area contributed by atoms with E-state index in [1.54, 1.807) is 13.2 Å². The quantitative estimate of drug-likeness (QED) is 0.846. The van der Waals surface area contributed by atoms with Crippen LogP contribution in [-0.2, 0) is 0 Å². The fourth-order valence-electron chi connectivity index (χ4n) is 1.69. The summed E-state index contributed by atoms with van der Waals surface area (Å²) in [5.41, 5.74) is 5.45. The van der Waals surface area contributed by atoms with Gasteiger partial charge in [-0.15, -0.1) is 23.7 Å². The van der Waals surface area contributed by atoms with Gasteiger partial charge in [-0.25, -0.2) is 0 Å². The maximum Gasteiger partial charge on any atom is 0.265 e. The van der Waals surface area contributed by atoms with Crippen molar-refractivity contribution in [1.29, 1.82) is 0 Å². The Morgan fingerprint density at radius 2 is 2.11 bits per heavy atom. The Balaban J connectivity index is 0.00000289. The molecule has 104 valence electrons. The monoisotopic (exact) mass is 292 g/mol. The summed E-state index contributed by atoms with van der Waals surface area (Å²) in [6.07, 6.45) is 1.64. The molecule has 3 N–H and O–H groups in total. The van der Waals surface area contributed by atoms with Gasteiger partial charge in [0.15, 0.2) is 0 Å². The van der Waals surface area contributed by atoms with Gasteiger partial charge >= 0.3 is 0 Å². The molecule has 6 heteroatoms. The lowest BCUT2D eigenvalue weighted by atomic mass is 9.93. The Hall–Kier alpha value is -0.780. The molecule has 0 fully saturated rings. The van der Waals surface area contributed by atoms with Crippen LogP contribution in [-0.4, -0.2) is 25.1 Å². The number of halogens is 1. The van der Waals surface area contributed by atoms with E-state index in [4.69, 9.17) is 10.5 Å². The Kier molecular flexibility index (Phi) is 7.28. The average Bonchev–Trinajstić information content (AvgIpc) is 2.84. The van der Waals surface area contributed by atoms with Crippen molar-refractivity contribution < 1.29 is 9.53 Å². The van der Waals surface area contributed by atoms with Crippen molar-refractivity contribution in [2.75, 3.05) is 13.7 Å². The van der Waals surface area contributed by atoms with Gasteiger partial charge in [0, 0.05) is 6.54 Å². The molecule has 18 heavy (non-hydrogen) atoms. The van der Waals surface area contributed by atoms with E-state index in [0.717, 1.165) is 12.8 Å². The van der Waals surface area contributed by atoms with E-state index in [9.17, 15) is 4.79 Å². The van der Waals surface area contributed by atoms with Gasteiger partial charge in [-0.2, -0.15) is 0 Å². The van der Waals surface area contributed by atoms with Gasteiger partial charge in [0.1, 0.15) is 10.6 Å². The molecule has 1 heterocycles. The van der Waals surface area contributed by atoms with Crippen molar-refractivity contribution in [2.45, 2.75) is 32.2 Å². The van der Waals surface area contributed by atoms with E-state index < -0.39 is 0 Å². The molecule has 0 aliphatic carbocycles. The van der Waals surface area contributed by atoms with Crippen LogP contribution in [0.2, 0.25) is 0 Å². The van der Waals surface area contributed by atoms with Gasteiger partial charge < -0.3 is 15.8 Å². The lowest BCUT2D eigenvalue weighted by molar-refractivity contribution is 0.0897. The summed E-state index contributed by atoms with van der Waals surface area (Å²) >= 11 is 1.38. The molecule has 0 radical (unpaired) electrons. The largest absolute Gasteiger partial charge is 0.495 e. The summed E-state index contributed by atoms with van der Waals surface area (Å²) < 4.78 is 5.14. The number of carbonyl (C=O) groups is 1. The second-order valence-electron chi connectivity index (χ2n) is 3.96. The summed E-state index contributed by atoms with van der Waals surface area (Å²) in [4.78, 5) is 12.7. The molecule has 1 amide bonds. The SMILES string of the molecule is CCC(CC)(CN)NC(=O)c1sccc1OC.Cl. The normalized spacial score (nSPS) is 10.7. The van der Waals surface area contributed by atoms with Crippen LogP contribution in [0.1, 0.15) is 36.4 Å². The standard InChI is InChI=1S/C12H20N2O2S.ClH/c1-4-12(5-2,8-13)14-11(15)10-9(16-3)6-7-17-10;/h6-7H,4-5,8,13H2,1-3H3,(H,14,15);1H. The van der Waals surface area contributed by atoms with Crippen LogP contribution in [0, 0.1) is 0 Å².